The van der Waals surface area contributed by atoms with Crippen LogP contribution in [0.25, 0.3) is 0 Å². The van der Waals surface area contributed by atoms with E-state index in [0.29, 0.717) is 22.3 Å². The predicted octanol–water partition coefficient (Wildman–Crippen LogP) is 0.915. The number of carboxylic acid groups (broad SMARTS) is 1. The SMILES string of the molecule is CCc1cc(C(=O)O)cc(Sc2n[nH]c(=O)n2C)n1. The van der Waals surface area contributed by atoms with Gasteiger partial charge in [-0.05, 0) is 30.3 Å². The van der Waals surface area contributed by atoms with Gasteiger partial charge in [0.1, 0.15) is 5.03 Å². The number of aromatic nitrogens is 4. The fourth-order valence-corrected chi connectivity index (χ4v) is 2.28. The predicted molar refractivity (Wildman–Crippen MR) is 68.5 cm³/mol. The van der Waals surface area contributed by atoms with E-state index in [1.807, 2.05) is 6.92 Å². The first-order chi connectivity index (χ1) is 9.01. The molecule has 0 radical (unpaired) electrons. The van der Waals surface area contributed by atoms with Crippen molar-refractivity contribution in [1.29, 1.82) is 0 Å². The molecule has 0 spiro atoms. The highest BCUT2D eigenvalue weighted by Crippen LogP contribution is 2.24. The van der Waals surface area contributed by atoms with Crippen molar-refractivity contribution in [3.05, 3.63) is 33.9 Å². The van der Waals surface area contributed by atoms with E-state index in [2.05, 4.69) is 15.2 Å². The molecule has 0 fully saturated rings. The van der Waals surface area contributed by atoms with Gasteiger partial charge in [-0.15, -0.1) is 5.10 Å². The molecule has 8 heteroatoms. The molecule has 0 aliphatic rings. The number of carboxylic acids is 1. The second kappa shape index (κ2) is 5.27. The van der Waals surface area contributed by atoms with E-state index in [1.165, 1.54) is 16.7 Å². The summed E-state index contributed by atoms with van der Waals surface area (Å²) in [6, 6.07) is 3.00. The van der Waals surface area contributed by atoms with Crippen molar-refractivity contribution < 1.29 is 9.90 Å². The summed E-state index contributed by atoms with van der Waals surface area (Å²) < 4.78 is 1.34. The van der Waals surface area contributed by atoms with Gasteiger partial charge in [-0.25, -0.2) is 19.7 Å². The number of aromatic carboxylic acids is 1. The molecule has 0 unspecified atom stereocenters. The van der Waals surface area contributed by atoms with Crippen LogP contribution in [0.3, 0.4) is 0 Å². The van der Waals surface area contributed by atoms with Gasteiger partial charge in [0.05, 0.1) is 5.56 Å². The third-order valence-electron chi connectivity index (χ3n) is 2.50. The highest BCUT2D eigenvalue weighted by Gasteiger charge is 2.12. The highest BCUT2D eigenvalue weighted by molar-refractivity contribution is 7.99. The number of aromatic amines is 1. The van der Waals surface area contributed by atoms with E-state index in [-0.39, 0.29) is 11.3 Å². The maximum atomic E-state index is 11.2. The molecule has 2 aromatic rings. The first-order valence-corrected chi connectivity index (χ1v) is 6.36. The van der Waals surface area contributed by atoms with Crippen molar-refractivity contribution in [3.63, 3.8) is 0 Å². The summed E-state index contributed by atoms with van der Waals surface area (Å²) in [5.41, 5.74) is 0.533. The maximum absolute atomic E-state index is 11.2. The molecule has 7 nitrogen and oxygen atoms in total. The lowest BCUT2D eigenvalue weighted by Crippen LogP contribution is -2.12. The smallest absolute Gasteiger partial charge is 0.343 e. The zero-order chi connectivity index (χ0) is 14.0. The van der Waals surface area contributed by atoms with E-state index in [4.69, 9.17) is 5.11 Å². The average molecular weight is 280 g/mol. The van der Waals surface area contributed by atoms with Gasteiger partial charge in [-0.2, -0.15) is 0 Å². The fourth-order valence-electron chi connectivity index (χ4n) is 1.43. The number of hydrogen-bond acceptors (Lipinski definition) is 5. The lowest BCUT2D eigenvalue weighted by molar-refractivity contribution is 0.0696. The molecule has 0 aromatic carbocycles. The van der Waals surface area contributed by atoms with Gasteiger partial charge in [0.15, 0.2) is 5.16 Å². The molecule has 0 bridgehead atoms. The quantitative estimate of drug-likeness (QED) is 0.863. The Bertz CT molecular complexity index is 677. The molecule has 0 aliphatic heterocycles. The molecule has 100 valence electrons. The molecule has 0 aliphatic carbocycles. The van der Waals surface area contributed by atoms with Crippen molar-refractivity contribution in [2.45, 2.75) is 23.5 Å². The Morgan fingerprint density at radius 3 is 2.79 bits per heavy atom. The number of carbonyl (C=O) groups is 1. The first kappa shape index (κ1) is 13.3. The van der Waals surface area contributed by atoms with Crippen molar-refractivity contribution in [2.24, 2.45) is 7.05 Å². The Labute approximate surface area is 112 Å². The number of nitrogens with one attached hydrogen (secondary N) is 1. The summed E-state index contributed by atoms with van der Waals surface area (Å²) in [6.07, 6.45) is 0.633. The van der Waals surface area contributed by atoms with Crippen LogP contribution in [0.2, 0.25) is 0 Å². The van der Waals surface area contributed by atoms with Crippen LogP contribution in [0, 0.1) is 0 Å². The van der Waals surface area contributed by atoms with E-state index in [1.54, 1.807) is 7.05 Å². The molecular formula is C11H12N4O3S. The molecule has 0 saturated carbocycles. The van der Waals surface area contributed by atoms with Gasteiger partial charge in [-0.1, -0.05) is 6.92 Å². The second-order valence-corrected chi connectivity index (χ2v) is 4.80. The lowest BCUT2D eigenvalue weighted by Gasteiger charge is -2.04. The van der Waals surface area contributed by atoms with E-state index in [9.17, 15) is 9.59 Å². The largest absolute Gasteiger partial charge is 0.478 e. The minimum atomic E-state index is -1.00. The normalized spacial score (nSPS) is 10.6. The van der Waals surface area contributed by atoms with Crippen molar-refractivity contribution in [2.75, 3.05) is 0 Å². The molecule has 2 aromatic heterocycles. The van der Waals surface area contributed by atoms with Gasteiger partial charge < -0.3 is 5.11 Å². The fraction of sp³-hybridized carbons (Fsp3) is 0.273. The first-order valence-electron chi connectivity index (χ1n) is 5.54. The number of rotatable bonds is 4. The molecule has 2 rings (SSSR count). The van der Waals surface area contributed by atoms with Gasteiger partial charge in [-0.3, -0.25) is 4.57 Å². The Kier molecular flexibility index (Phi) is 3.70. The number of hydrogen-bond donors (Lipinski definition) is 2. The molecule has 0 saturated heterocycles. The second-order valence-electron chi connectivity index (χ2n) is 3.82. The van der Waals surface area contributed by atoms with E-state index >= 15 is 0 Å². The molecule has 0 atom stereocenters. The summed E-state index contributed by atoms with van der Waals surface area (Å²) in [4.78, 5) is 26.6. The average Bonchev–Trinajstić information content (AvgIpc) is 2.70. The van der Waals surface area contributed by atoms with Gasteiger partial charge in [0.2, 0.25) is 0 Å². The van der Waals surface area contributed by atoms with Crippen LogP contribution in [0.5, 0.6) is 0 Å². The summed E-state index contributed by atoms with van der Waals surface area (Å²) in [6.45, 7) is 1.90. The topological polar surface area (TPSA) is 101 Å². The standard InChI is InChI=1S/C11H12N4O3S/c1-3-7-4-6(9(16)17)5-8(12-7)19-11-14-13-10(18)15(11)2/h4-5H,3H2,1-2H3,(H,13,18)(H,16,17). The van der Waals surface area contributed by atoms with Crippen LogP contribution in [0.4, 0.5) is 0 Å². The Morgan fingerprint density at radius 2 is 2.26 bits per heavy atom. The Balaban J connectivity index is 2.39. The minimum Gasteiger partial charge on any atom is -0.478 e. The monoisotopic (exact) mass is 280 g/mol. The lowest BCUT2D eigenvalue weighted by atomic mass is 10.2. The van der Waals surface area contributed by atoms with Crippen LogP contribution in [-0.2, 0) is 13.5 Å². The van der Waals surface area contributed by atoms with E-state index < -0.39 is 5.97 Å². The number of aryl methyl sites for hydroxylation is 1. The van der Waals surface area contributed by atoms with Crippen LogP contribution < -0.4 is 5.69 Å². The zero-order valence-electron chi connectivity index (χ0n) is 10.4. The highest BCUT2D eigenvalue weighted by atomic mass is 32.2. The summed E-state index contributed by atoms with van der Waals surface area (Å²) in [7, 11) is 1.58. The minimum absolute atomic E-state index is 0.176. The molecule has 19 heavy (non-hydrogen) atoms. The van der Waals surface area contributed by atoms with E-state index in [0.717, 1.165) is 11.8 Å². The number of H-pyrrole nitrogens is 1. The molecular weight excluding hydrogens is 268 g/mol. The summed E-state index contributed by atoms with van der Waals surface area (Å²) >= 11 is 1.14. The van der Waals surface area contributed by atoms with Crippen LogP contribution in [0.1, 0.15) is 23.0 Å². The van der Waals surface area contributed by atoms with Crippen molar-refractivity contribution >= 4 is 17.7 Å². The number of nitrogens with zero attached hydrogens (tertiary/aromatic N) is 3. The third kappa shape index (κ3) is 2.84. The van der Waals surface area contributed by atoms with Gasteiger partial charge in [0.25, 0.3) is 0 Å². The Morgan fingerprint density at radius 1 is 1.53 bits per heavy atom. The van der Waals surface area contributed by atoms with Crippen LogP contribution >= 0.6 is 11.8 Å². The zero-order valence-corrected chi connectivity index (χ0v) is 11.2. The van der Waals surface area contributed by atoms with Gasteiger partial charge >= 0.3 is 11.7 Å². The molecule has 2 heterocycles. The van der Waals surface area contributed by atoms with Crippen molar-refractivity contribution in [3.8, 4) is 0 Å². The Hall–Kier alpha value is -2.09. The van der Waals surface area contributed by atoms with Crippen LogP contribution in [-0.4, -0.2) is 30.8 Å². The maximum Gasteiger partial charge on any atom is 0.343 e. The number of pyridine rings is 1. The summed E-state index contributed by atoms with van der Waals surface area (Å²) in [5.74, 6) is -1.00. The molecule has 2 N–H and O–H groups in total. The van der Waals surface area contributed by atoms with Crippen molar-refractivity contribution in [1.82, 2.24) is 19.7 Å². The van der Waals surface area contributed by atoms with Crippen LogP contribution in [0.15, 0.2) is 27.1 Å². The summed E-state index contributed by atoms with van der Waals surface area (Å²) in [5, 5.41) is 16.1. The third-order valence-corrected chi connectivity index (χ3v) is 3.46. The van der Waals surface area contributed by atoms with Gasteiger partial charge in [0, 0.05) is 12.7 Å². The molecule has 0 amide bonds.